The van der Waals surface area contributed by atoms with E-state index in [1.165, 1.54) is 64.2 Å². The normalized spacial score (nSPS) is 19.5. The largest absolute Gasteiger partial charge is 0.0654 e. The summed E-state index contributed by atoms with van der Waals surface area (Å²) < 4.78 is 0. The van der Waals surface area contributed by atoms with Gasteiger partial charge in [0.05, 0.1) is 0 Å². The van der Waals surface area contributed by atoms with Crippen molar-refractivity contribution < 1.29 is 0 Å². The maximum absolute atomic E-state index is 2.49. The van der Waals surface area contributed by atoms with Gasteiger partial charge in [-0.1, -0.05) is 87.5 Å². The minimum absolute atomic E-state index is 0.897. The van der Waals surface area contributed by atoms with E-state index >= 15 is 0 Å². The summed E-state index contributed by atoms with van der Waals surface area (Å²) in [6, 6.07) is 0. The predicted octanol–water partition coefficient (Wildman–Crippen LogP) is 8.74. The number of hydrogen-bond acceptors (Lipinski definition) is 0. The fourth-order valence-corrected chi connectivity index (χ4v) is 4.85. The molecule has 6 unspecified atom stereocenters. The van der Waals surface area contributed by atoms with Gasteiger partial charge in [-0.2, -0.15) is 0 Å². The van der Waals surface area contributed by atoms with Crippen molar-refractivity contribution in [2.24, 2.45) is 35.5 Å². The first kappa shape index (κ1) is 24.0. The molecule has 0 bridgehead atoms. The average molecular weight is 339 g/mol. The summed E-state index contributed by atoms with van der Waals surface area (Å²) >= 11 is 0. The molecule has 24 heavy (non-hydrogen) atoms. The van der Waals surface area contributed by atoms with Gasteiger partial charge in [0.2, 0.25) is 0 Å². The minimum Gasteiger partial charge on any atom is -0.0654 e. The second-order valence-electron chi connectivity index (χ2n) is 9.71. The number of unbranched alkanes of at least 4 members (excludes halogenated alkanes) is 2. The van der Waals surface area contributed by atoms with Gasteiger partial charge in [0.25, 0.3) is 0 Å². The molecular formula is C24H50. The molecule has 0 saturated heterocycles. The quantitative estimate of drug-likeness (QED) is 0.262. The summed E-state index contributed by atoms with van der Waals surface area (Å²) in [5.74, 6) is 5.42. The second-order valence-corrected chi connectivity index (χ2v) is 9.71. The van der Waals surface area contributed by atoms with E-state index in [0.29, 0.717) is 0 Å². The van der Waals surface area contributed by atoms with E-state index in [9.17, 15) is 0 Å². The van der Waals surface area contributed by atoms with Gasteiger partial charge in [0.15, 0.2) is 0 Å². The third-order valence-corrected chi connectivity index (χ3v) is 6.02. The van der Waals surface area contributed by atoms with Gasteiger partial charge in [-0.05, 0) is 67.6 Å². The number of hydrogen-bond donors (Lipinski definition) is 0. The van der Waals surface area contributed by atoms with Crippen LogP contribution in [0.15, 0.2) is 0 Å². The molecule has 0 aromatic rings. The molecule has 0 fully saturated rings. The molecule has 0 aromatic heterocycles. The highest BCUT2D eigenvalue weighted by molar-refractivity contribution is 4.69. The SMILES string of the molecule is CCCCCC(C)CC(C)CC(C)CC(C)CC(C)CC(C)CC. The molecule has 0 nitrogen and oxygen atoms in total. The maximum Gasteiger partial charge on any atom is -0.0438 e. The predicted molar refractivity (Wildman–Crippen MR) is 113 cm³/mol. The molecule has 6 atom stereocenters. The average Bonchev–Trinajstić information content (AvgIpc) is 2.46. The van der Waals surface area contributed by atoms with Crippen LogP contribution in [0.1, 0.15) is 120 Å². The minimum atomic E-state index is 0.897. The summed E-state index contributed by atoms with van der Waals surface area (Å²) in [6.45, 7) is 19.4. The fourth-order valence-electron chi connectivity index (χ4n) is 4.85. The lowest BCUT2D eigenvalue weighted by Crippen LogP contribution is -2.13. The molecule has 0 aromatic carbocycles. The van der Waals surface area contributed by atoms with E-state index in [1.54, 1.807) is 0 Å². The van der Waals surface area contributed by atoms with Crippen molar-refractivity contribution in [2.45, 2.75) is 120 Å². The zero-order valence-electron chi connectivity index (χ0n) is 18.5. The second kappa shape index (κ2) is 14.2. The zero-order chi connectivity index (χ0) is 18.5. The topological polar surface area (TPSA) is 0 Å². The van der Waals surface area contributed by atoms with Crippen molar-refractivity contribution in [2.75, 3.05) is 0 Å². The summed E-state index contributed by atoms with van der Waals surface area (Å²) in [5, 5.41) is 0. The summed E-state index contributed by atoms with van der Waals surface area (Å²) in [7, 11) is 0. The molecule has 0 amide bonds. The van der Waals surface area contributed by atoms with Crippen LogP contribution in [-0.2, 0) is 0 Å². The molecule has 0 aliphatic carbocycles. The van der Waals surface area contributed by atoms with Crippen LogP contribution in [0, 0.1) is 35.5 Å². The Balaban J connectivity index is 3.94. The van der Waals surface area contributed by atoms with Crippen LogP contribution < -0.4 is 0 Å². The molecular weight excluding hydrogens is 288 g/mol. The Morgan fingerprint density at radius 2 is 0.833 bits per heavy atom. The first-order valence-corrected chi connectivity index (χ1v) is 11.3. The molecule has 0 rings (SSSR count). The highest BCUT2D eigenvalue weighted by Gasteiger charge is 2.17. The van der Waals surface area contributed by atoms with Gasteiger partial charge >= 0.3 is 0 Å². The molecule has 146 valence electrons. The monoisotopic (exact) mass is 338 g/mol. The van der Waals surface area contributed by atoms with E-state index < -0.39 is 0 Å². The van der Waals surface area contributed by atoms with Gasteiger partial charge in [0, 0.05) is 0 Å². The van der Waals surface area contributed by atoms with Gasteiger partial charge in [0.1, 0.15) is 0 Å². The Morgan fingerprint density at radius 1 is 0.458 bits per heavy atom. The van der Waals surface area contributed by atoms with E-state index in [1.807, 2.05) is 0 Å². The first-order valence-electron chi connectivity index (χ1n) is 11.3. The molecule has 0 N–H and O–H groups in total. The van der Waals surface area contributed by atoms with Crippen LogP contribution in [0.5, 0.6) is 0 Å². The van der Waals surface area contributed by atoms with Crippen molar-refractivity contribution in [3.05, 3.63) is 0 Å². The van der Waals surface area contributed by atoms with Gasteiger partial charge in [-0.3, -0.25) is 0 Å². The summed E-state index contributed by atoms with van der Waals surface area (Å²) in [6.07, 6.45) is 14.1. The molecule has 0 radical (unpaired) electrons. The Labute approximate surface area is 155 Å². The molecule has 0 heterocycles. The van der Waals surface area contributed by atoms with Crippen molar-refractivity contribution in [3.63, 3.8) is 0 Å². The summed E-state index contributed by atoms with van der Waals surface area (Å²) in [4.78, 5) is 0. The Kier molecular flexibility index (Phi) is 14.2. The highest BCUT2D eigenvalue weighted by atomic mass is 14.2. The van der Waals surface area contributed by atoms with Crippen LogP contribution >= 0.6 is 0 Å². The van der Waals surface area contributed by atoms with E-state index in [4.69, 9.17) is 0 Å². The van der Waals surface area contributed by atoms with Crippen molar-refractivity contribution >= 4 is 0 Å². The molecule has 0 spiro atoms. The first-order chi connectivity index (χ1) is 11.3. The lowest BCUT2D eigenvalue weighted by Gasteiger charge is -2.25. The third kappa shape index (κ3) is 13.3. The Morgan fingerprint density at radius 3 is 1.21 bits per heavy atom. The molecule has 0 heteroatoms. The van der Waals surface area contributed by atoms with Crippen LogP contribution in [0.3, 0.4) is 0 Å². The van der Waals surface area contributed by atoms with Gasteiger partial charge < -0.3 is 0 Å². The molecule has 0 saturated carbocycles. The van der Waals surface area contributed by atoms with E-state index in [-0.39, 0.29) is 0 Å². The van der Waals surface area contributed by atoms with E-state index in [0.717, 1.165) is 35.5 Å². The standard InChI is InChI=1S/C24H50/c1-9-11-12-13-20(4)15-22(6)17-24(8)18-23(7)16-21(5)14-19(3)10-2/h19-24H,9-18H2,1-8H3. The van der Waals surface area contributed by atoms with Crippen molar-refractivity contribution in [1.29, 1.82) is 0 Å². The Hall–Kier alpha value is 0. The maximum atomic E-state index is 2.49. The van der Waals surface area contributed by atoms with Crippen LogP contribution in [0.25, 0.3) is 0 Å². The smallest absolute Gasteiger partial charge is 0.0438 e. The lowest BCUT2D eigenvalue weighted by molar-refractivity contribution is 0.269. The van der Waals surface area contributed by atoms with Crippen molar-refractivity contribution in [3.8, 4) is 0 Å². The van der Waals surface area contributed by atoms with Crippen LogP contribution in [0.4, 0.5) is 0 Å². The van der Waals surface area contributed by atoms with Crippen LogP contribution in [0.2, 0.25) is 0 Å². The highest BCUT2D eigenvalue weighted by Crippen LogP contribution is 2.29. The van der Waals surface area contributed by atoms with Gasteiger partial charge in [-0.15, -0.1) is 0 Å². The fraction of sp³-hybridized carbons (Fsp3) is 1.00. The molecule has 0 aliphatic rings. The van der Waals surface area contributed by atoms with E-state index in [2.05, 4.69) is 55.4 Å². The zero-order valence-corrected chi connectivity index (χ0v) is 18.5. The number of rotatable bonds is 15. The lowest BCUT2D eigenvalue weighted by atomic mass is 9.81. The molecule has 0 aliphatic heterocycles. The van der Waals surface area contributed by atoms with Crippen molar-refractivity contribution in [1.82, 2.24) is 0 Å². The third-order valence-electron chi connectivity index (χ3n) is 6.02. The van der Waals surface area contributed by atoms with Crippen LogP contribution in [-0.4, -0.2) is 0 Å². The summed E-state index contributed by atoms with van der Waals surface area (Å²) in [5.41, 5.74) is 0. The Bertz CT molecular complexity index is 269. The van der Waals surface area contributed by atoms with Gasteiger partial charge in [-0.25, -0.2) is 0 Å².